The number of aromatic nitrogens is 1. The Bertz CT molecular complexity index is 837. The zero-order valence-electron chi connectivity index (χ0n) is 13.4. The molecule has 2 heterocycles. The summed E-state index contributed by atoms with van der Waals surface area (Å²) < 4.78 is 5.94. The smallest absolute Gasteiger partial charge is 0.266 e. The lowest BCUT2D eigenvalue weighted by atomic mass is 10.2. The lowest BCUT2D eigenvalue weighted by molar-refractivity contribution is 0.0716. The minimum Gasteiger partial charge on any atom is -0.464 e. The van der Waals surface area contributed by atoms with Gasteiger partial charge in [-0.25, -0.2) is 0 Å². The summed E-state index contributed by atoms with van der Waals surface area (Å²) in [5, 5.41) is 0.0274. The molecule has 1 amide bonds. The van der Waals surface area contributed by atoms with Crippen LogP contribution >= 0.6 is 11.6 Å². The van der Waals surface area contributed by atoms with Crippen LogP contribution in [-0.2, 0) is 6.54 Å². The molecule has 2 aromatic heterocycles. The van der Waals surface area contributed by atoms with E-state index in [4.69, 9.17) is 16.0 Å². The molecule has 4 rings (SSSR count). The first-order chi connectivity index (χ1) is 11.5. The first kappa shape index (κ1) is 15.5. The number of amides is 1. The highest BCUT2D eigenvalue weighted by molar-refractivity contribution is 6.30. The molecule has 0 unspecified atom stereocenters. The highest BCUT2D eigenvalue weighted by atomic mass is 35.5. The molecular weight excluding hydrogens is 328 g/mol. The average molecular weight is 347 g/mol. The molecule has 5 nitrogen and oxygen atoms in total. The van der Waals surface area contributed by atoms with E-state index in [1.165, 1.54) is 18.7 Å². The van der Waals surface area contributed by atoms with Crippen molar-refractivity contribution in [1.82, 2.24) is 9.88 Å². The van der Waals surface area contributed by atoms with Gasteiger partial charge >= 0.3 is 0 Å². The van der Waals surface area contributed by atoms with Crippen LogP contribution in [-0.4, -0.2) is 21.8 Å². The predicted octanol–water partition coefficient (Wildman–Crippen LogP) is 3.55. The van der Waals surface area contributed by atoms with Crippen molar-refractivity contribution in [2.45, 2.75) is 44.7 Å². The summed E-state index contributed by atoms with van der Waals surface area (Å²) in [6, 6.07) is 5.65. The van der Waals surface area contributed by atoms with Crippen LogP contribution in [0.2, 0.25) is 5.02 Å². The summed E-state index contributed by atoms with van der Waals surface area (Å²) in [5.41, 5.74) is 0.00881. The van der Waals surface area contributed by atoms with Crippen molar-refractivity contribution in [3.8, 4) is 0 Å². The number of hydrogen-bond donors (Lipinski definition) is 1. The van der Waals surface area contributed by atoms with E-state index in [-0.39, 0.29) is 22.5 Å². The van der Waals surface area contributed by atoms with Gasteiger partial charge < -0.3 is 14.3 Å². The fourth-order valence-electron chi connectivity index (χ4n) is 3.06. The van der Waals surface area contributed by atoms with Gasteiger partial charge in [-0.1, -0.05) is 18.5 Å². The van der Waals surface area contributed by atoms with Gasteiger partial charge in [0, 0.05) is 18.2 Å². The Labute approximate surface area is 144 Å². The van der Waals surface area contributed by atoms with Crippen LogP contribution in [0.25, 0.3) is 0 Å². The molecule has 2 fully saturated rings. The zero-order valence-corrected chi connectivity index (χ0v) is 14.2. The van der Waals surface area contributed by atoms with Crippen molar-refractivity contribution in [1.29, 1.82) is 0 Å². The van der Waals surface area contributed by atoms with Crippen LogP contribution < -0.4 is 5.56 Å². The van der Waals surface area contributed by atoms with E-state index in [0.717, 1.165) is 24.4 Å². The number of H-pyrrole nitrogens is 1. The van der Waals surface area contributed by atoms with Crippen LogP contribution in [0.15, 0.2) is 33.6 Å². The lowest BCUT2D eigenvalue weighted by Gasteiger charge is -2.21. The molecule has 6 heteroatoms. The highest BCUT2D eigenvalue weighted by Crippen LogP contribution is 2.47. The van der Waals surface area contributed by atoms with Crippen LogP contribution in [0, 0.1) is 5.92 Å². The summed E-state index contributed by atoms with van der Waals surface area (Å²) in [7, 11) is 0. The van der Waals surface area contributed by atoms with E-state index < -0.39 is 0 Å². The molecular formula is C18H19ClN2O3. The summed E-state index contributed by atoms with van der Waals surface area (Å²) >= 11 is 5.84. The molecule has 0 radical (unpaired) electrons. The monoisotopic (exact) mass is 346 g/mol. The molecule has 0 bridgehead atoms. The number of carbonyl (C=O) groups is 1. The van der Waals surface area contributed by atoms with Crippen molar-refractivity contribution >= 4 is 17.5 Å². The maximum absolute atomic E-state index is 12.8. The number of aromatic amines is 1. The molecule has 0 aliphatic heterocycles. The van der Waals surface area contributed by atoms with Crippen molar-refractivity contribution in [3.05, 3.63) is 56.9 Å². The summed E-state index contributed by atoms with van der Waals surface area (Å²) in [6.07, 6.45) is 4.59. The van der Waals surface area contributed by atoms with Gasteiger partial charge in [0.05, 0.1) is 12.1 Å². The third-order valence-electron chi connectivity index (χ3n) is 4.84. The van der Waals surface area contributed by atoms with Crippen molar-refractivity contribution in [3.63, 3.8) is 0 Å². The molecule has 2 aliphatic carbocycles. The molecule has 2 atom stereocenters. The van der Waals surface area contributed by atoms with Gasteiger partial charge in [0.15, 0.2) is 0 Å². The van der Waals surface area contributed by atoms with E-state index in [0.29, 0.717) is 23.9 Å². The number of halogens is 1. The number of hydrogen-bond acceptors (Lipinski definition) is 3. The van der Waals surface area contributed by atoms with Crippen molar-refractivity contribution < 1.29 is 9.21 Å². The second-order valence-corrected chi connectivity index (χ2v) is 7.26. The van der Waals surface area contributed by atoms with Gasteiger partial charge in [0.25, 0.3) is 11.5 Å². The van der Waals surface area contributed by atoms with Crippen molar-refractivity contribution in [2.75, 3.05) is 0 Å². The van der Waals surface area contributed by atoms with Crippen LogP contribution in [0.1, 0.15) is 54.0 Å². The van der Waals surface area contributed by atoms with E-state index in [1.807, 2.05) is 17.0 Å². The Kier molecular flexibility index (Phi) is 3.76. The van der Waals surface area contributed by atoms with E-state index in [2.05, 4.69) is 11.9 Å². The molecule has 0 saturated heterocycles. The van der Waals surface area contributed by atoms with Crippen molar-refractivity contribution in [2.24, 2.45) is 5.92 Å². The fourth-order valence-corrected chi connectivity index (χ4v) is 3.24. The minimum absolute atomic E-state index is 0.0274. The molecule has 1 N–H and O–H groups in total. The third kappa shape index (κ3) is 3.00. The second-order valence-electron chi connectivity index (χ2n) is 6.85. The first-order valence-corrected chi connectivity index (χ1v) is 8.68. The van der Waals surface area contributed by atoms with Crippen LogP contribution in [0.4, 0.5) is 0 Å². The lowest BCUT2D eigenvalue weighted by Crippen LogP contribution is -2.33. The minimum atomic E-state index is -0.389. The predicted molar refractivity (Wildman–Crippen MR) is 90.2 cm³/mol. The van der Waals surface area contributed by atoms with Gasteiger partial charge in [0.2, 0.25) is 0 Å². The largest absolute Gasteiger partial charge is 0.464 e. The molecule has 2 aliphatic rings. The highest BCUT2D eigenvalue weighted by Gasteiger charge is 2.37. The number of pyridine rings is 1. The quantitative estimate of drug-likeness (QED) is 0.900. The summed E-state index contributed by atoms with van der Waals surface area (Å²) in [5.74, 6) is 2.91. The fraction of sp³-hybridized carbons (Fsp3) is 0.444. The summed E-state index contributed by atoms with van der Waals surface area (Å²) in [6.45, 7) is 2.66. The Morgan fingerprint density at radius 1 is 1.42 bits per heavy atom. The molecule has 0 aromatic carbocycles. The van der Waals surface area contributed by atoms with E-state index in [1.54, 1.807) is 0 Å². The Morgan fingerprint density at radius 3 is 2.79 bits per heavy atom. The van der Waals surface area contributed by atoms with E-state index in [9.17, 15) is 9.59 Å². The average Bonchev–Trinajstić information content (AvgIpc) is 3.48. The maximum Gasteiger partial charge on any atom is 0.266 e. The standard InChI is InChI=1S/C18H19ClN2O3/c1-10-6-14(10)16-5-4-13(24-16)9-21(12-2-3-12)18(23)11-7-15(19)17(22)20-8-11/h4-5,7-8,10,12,14H,2-3,6,9H2,1H3,(H,20,22)/t10-,14+/m1/s1. The number of rotatable bonds is 5. The SMILES string of the molecule is C[C@@H]1C[C@@H]1c1ccc(CN(C(=O)c2c[nH]c(=O)c(Cl)c2)C2CC2)o1. The number of nitrogens with one attached hydrogen (secondary N) is 1. The number of nitrogens with zero attached hydrogens (tertiary/aromatic N) is 1. The zero-order chi connectivity index (χ0) is 16.8. The second kappa shape index (κ2) is 5.81. The molecule has 24 heavy (non-hydrogen) atoms. The Morgan fingerprint density at radius 2 is 2.17 bits per heavy atom. The summed E-state index contributed by atoms with van der Waals surface area (Å²) in [4.78, 5) is 28.5. The number of carbonyl (C=O) groups excluding carboxylic acids is 1. The first-order valence-electron chi connectivity index (χ1n) is 8.30. The Hall–Kier alpha value is -2.01. The van der Waals surface area contributed by atoms with Gasteiger partial charge in [-0.3, -0.25) is 9.59 Å². The Balaban J connectivity index is 1.53. The molecule has 0 spiro atoms. The topological polar surface area (TPSA) is 66.3 Å². The molecule has 2 aromatic rings. The number of furan rings is 1. The molecule has 126 valence electrons. The van der Waals surface area contributed by atoms with Gasteiger partial charge in [-0.05, 0) is 43.4 Å². The third-order valence-corrected chi connectivity index (χ3v) is 5.12. The van der Waals surface area contributed by atoms with Crippen LogP contribution in [0.3, 0.4) is 0 Å². The molecule has 2 saturated carbocycles. The van der Waals surface area contributed by atoms with E-state index >= 15 is 0 Å². The van der Waals surface area contributed by atoms with Gasteiger partial charge in [-0.2, -0.15) is 0 Å². The van der Waals surface area contributed by atoms with Gasteiger partial charge in [-0.15, -0.1) is 0 Å². The van der Waals surface area contributed by atoms with Gasteiger partial charge in [0.1, 0.15) is 16.5 Å². The normalized spacial score (nSPS) is 22.4. The van der Waals surface area contributed by atoms with Crippen LogP contribution in [0.5, 0.6) is 0 Å². The maximum atomic E-state index is 12.8.